The summed E-state index contributed by atoms with van der Waals surface area (Å²) in [5, 5.41) is 1.94. The number of hydrogen-bond donors (Lipinski definition) is 0. The number of ether oxygens (including phenoxy) is 1. The zero-order valence-electron chi connectivity index (χ0n) is 15.1. The summed E-state index contributed by atoms with van der Waals surface area (Å²) >= 11 is 13.7. The first-order valence-electron chi connectivity index (χ1n) is 8.64. The molecular formula is C20H20Cl2N2O2S. The van der Waals surface area contributed by atoms with Crippen LogP contribution in [0.5, 0.6) is 5.75 Å². The second kappa shape index (κ2) is 9.00. The highest BCUT2D eigenvalue weighted by atomic mass is 35.5. The van der Waals surface area contributed by atoms with E-state index < -0.39 is 0 Å². The minimum absolute atomic E-state index is 0.0583. The first-order valence-corrected chi connectivity index (χ1v) is 10.4. The summed E-state index contributed by atoms with van der Waals surface area (Å²) in [7, 11) is 0. The van der Waals surface area contributed by atoms with Gasteiger partial charge in [0.15, 0.2) is 5.17 Å². The second-order valence-electron chi connectivity index (χ2n) is 6.34. The zero-order valence-corrected chi connectivity index (χ0v) is 17.4. The van der Waals surface area contributed by atoms with E-state index in [1.807, 2.05) is 38.1 Å². The highest BCUT2D eigenvalue weighted by Crippen LogP contribution is 2.27. The van der Waals surface area contributed by atoms with Crippen molar-refractivity contribution in [3.63, 3.8) is 0 Å². The van der Waals surface area contributed by atoms with Crippen molar-refractivity contribution in [2.24, 2.45) is 4.99 Å². The van der Waals surface area contributed by atoms with Gasteiger partial charge in [0.05, 0.1) is 12.6 Å². The average Bonchev–Trinajstić information content (AvgIpc) is 3.09. The van der Waals surface area contributed by atoms with Crippen LogP contribution in [-0.2, 0) is 5.75 Å². The molecule has 4 nitrogen and oxygen atoms in total. The smallest absolute Gasteiger partial charge is 0.259 e. The maximum Gasteiger partial charge on any atom is 0.259 e. The fourth-order valence-corrected chi connectivity index (χ4v) is 4.23. The van der Waals surface area contributed by atoms with E-state index in [9.17, 15) is 4.79 Å². The monoisotopic (exact) mass is 422 g/mol. The molecule has 3 rings (SSSR count). The van der Waals surface area contributed by atoms with Gasteiger partial charge in [-0.2, -0.15) is 0 Å². The highest BCUT2D eigenvalue weighted by Gasteiger charge is 2.25. The van der Waals surface area contributed by atoms with Crippen LogP contribution in [0.2, 0.25) is 10.0 Å². The van der Waals surface area contributed by atoms with Gasteiger partial charge in [-0.1, -0.05) is 41.0 Å². The molecule has 1 amide bonds. The molecule has 27 heavy (non-hydrogen) atoms. The molecule has 0 N–H and O–H groups in total. The van der Waals surface area contributed by atoms with E-state index >= 15 is 0 Å². The molecule has 2 aromatic rings. The summed E-state index contributed by atoms with van der Waals surface area (Å²) in [6.07, 6.45) is 0.0972. The Labute approximate surface area is 173 Å². The summed E-state index contributed by atoms with van der Waals surface area (Å²) in [4.78, 5) is 19.1. The number of aliphatic imine (C=N–C) groups is 1. The summed E-state index contributed by atoms with van der Waals surface area (Å²) in [6, 6.07) is 12.6. The molecule has 2 aromatic carbocycles. The molecule has 0 bridgehead atoms. The van der Waals surface area contributed by atoms with Crippen molar-refractivity contribution in [3.05, 3.63) is 63.6 Å². The van der Waals surface area contributed by atoms with Crippen LogP contribution in [0, 0.1) is 0 Å². The molecule has 1 aliphatic heterocycles. The molecular weight excluding hydrogens is 403 g/mol. The average molecular weight is 423 g/mol. The van der Waals surface area contributed by atoms with Gasteiger partial charge >= 0.3 is 0 Å². The fourth-order valence-electron chi connectivity index (χ4n) is 2.62. The molecule has 0 unspecified atom stereocenters. The second-order valence-corrected chi connectivity index (χ2v) is 8.12. The largest absolute Gasteiger partial charge is 0.491 e. The lowest BCUT2D eigenvalue weighted by Crippen LogP contribution is -2.32. The van der Waals surface area contributed by atoms with Gasteiger partial charge in [0.25, 0.3) is 5.91 Å². The van der Waals surface area contributed by atoms with Crippen LogP contribution in [0.4, 0.5) is 0 Å². The molecule has 1 aliphatic rings. The van der Waals surface area contributed by atoms with Crippen molar-refractivity contribution in [2.45, 2.75) is 25.7 Å². The number of rotatable bonds is 5. The van der Waals surface area contributed by atoms with Gasteiger partial charge in [0, 0.05) is 27.9 Å². The number of amides is 1. The molecule has 142 valence electrons. The van der Waals surface area contributed by atoms with Crippen LogP contribution in [0.3, 0.4) is 0 Å². The summed E-state index contributed by atoms with van der Waals surface area (Å²) < 4.78 is 5.63. The van der Waals surface area contributed by atoms with Gasteiger partial charge in [-0.05, 0) is 55.8 Å². The zero-order chi connectivity index (χ0) is 19.4. The van der Waals surface area contributed by atoms with Crippen molar-refractivity contribution in [1.29, 1.82) is 0 Å². The molecule has 0 aromatic heterocycles. The number of carbonyl (C=O) groups excluding carboxylic acids is 1. The van der Waals surface area contributed by atoms with Gasteiger partial charge in [-0.25, -0.2) is 0 Å². The fraction of sp³-hybridized carbons (Fsp3) is 0.300. The summed E-state index contributed by atoms with van der Waals surface area (Å²) in [6.45, 7) is 5.13. The van der Waals surface area contributed by atoms with Gasteiger partial charge < -0.3 is 4.74 Å². The Morgan fingerprint density at radius 3 is 2.63 bits per heavy atom. The molecule has 0 fully saturated rings. The van der Waals surface area contributed by atoms with E-state index in [1.165, 1.54) is 11.8 Å². The third-order valence-electron chi connectivity index (χ3n) is 3.89. The molecule has 0 atom stereocenters. The molecule has 0 aliphatic carbocycles. The lowest BCUT2D eigenvalue weighted by atomic mass is 10.2. The number of halogens is 2. The van der Waals surface area contributed by atoms with E-state index in [1.54, 1.807) is 23.1 Å². The Morgan fingerprint density at radius 1 is 1.22 bits per heavy atom. The van der Waals surface area contributed by atoms with E-state index in [0.29, 0.717) is 39.6 Å². The maximum absolute atomic E-state index is 12.9. The van der Waals surface area contributed by atoms with Gasteiger partial charge in [0.2, 0.25) is 0 Å². The Morgan fingerprint density at radius 2 is 1.96 bits per heavy atom. The van der Waals surface area contributed by atoms with E-state index in [-0.39, 0.29) is 12.0 Å². The van der Waals surface area contributed by atoms with E-state index in [0.717, 1.165) is 11.3 Å². The quantitative estimate of drug-likeness (QED) is 0.636. The number of amidine groups is 1. The van der Waals surface area contributed by atoms with Gasteiger partial charge in [-0.3, -0.25) is 14.7 Å². The predicted molar refractivity (Wildman–Crippen MR) is 113 cm³/mol. The van der Waals surface area contributed by atoms with Gasteiger partial charge in [0.1, 0.15) is 5.75 Å². The van der Waals surface area contributed by atoms with Crippen molar-refractivity contribution >= 4 is 46.0 Å². The Hall–Kier alpha value is -1.69. The molecule has 0 spiro atoms. The number of nitrogens with zero attached hydrogens (tertiary/aromatic N) is 2. The van der Waals surface area contributed by atoms with Crippen LogP contribution in [0.25, 0.3) is 0 Å². The van der Waals surface area contributed by atoms with Crippen LogP contribution in [0.1, 0.15) is 29.8 Å². The lowest BCUT2D eigenvalue weighted by molar-refractivity contribution is 0.0860. The summed E-state index contributed by atoms with van der Waals surface area (Å²) in [5.74, 6) is 1.32. The van der Waals surface area contributed by atoms with Crippen molar-refractivity contribution in [2.75, 3.05) is 13.1 Å². The third kappa shape index (κ3) is 5.18. The predicted octanol–water partition coefficient (Wildman–Crippen LogP) is 5.53. The van der Waals surface area contributed by atoms with Crippen molar-refractivity contribution < 1.29 is 9.53 Å². The number of thioether (sulfide) groups is 1. The molecule has 0 radical (unpaired) electrons. The molecule has 0 saturated heterocycles. The summed E-state index contributed by atoms with van der Waals surface area (Å²) in [5.41, 5.74) is 1.58. The SMILES string of the molecule is CC(C)Oc1ccc(C(=O)N2CCN=C2SCc2ccc(Cl)cc2Cl)cc1. The van der Waals surface area contributed by atoms with Crippen LogP contribution in [-0.4, -0.2) is 35.2 Å². The minimum atomic E-state index is -0.0583. The van der Waals surface area contributed by atoms with Crippen molar-refractivity contribution in [1.82, 2.24) is 4.90 Å². The lowest BCUT2D eigenvalue weighted by Gasteiger charge is -2.18. The topological polar surface area (TPSA) is 41.9 Å². The maximum atomic E-state index is 12.9. The van der Waals surface area contributed by atoms with E-state index in [2.05, 4.69) is 4.99 Å². The number of carbonyl (C=O) groups is 1. The Bertz CT molecular complexity index is 854. The molecule has 0 saturated carbocycles. The van der Waals surface area contributed by atoms with E-state index in [4.69, 9.17) is 27.9 Å². The first-order chi connectivity index (χ1) is 12.9. The normalized spacial score (nSPS) is 13.8. The Balaban J connectivity index is 1.65. The standard InChI is InChI=1S/C20H20Cl2N2O2S/c1-13(2)26-17-7-4-14(5-8-17)19(25)24-10-9-23-20(24)27-12-15-3-6-16(21)11-18(15)22/h3-8,11,13H,9-10,12H2,1-2H3. The molecule has 1 heterocycles. The number of hydrogen-bond acceptors (Lipinski definition) is 4. The molecule has 7 heteroatoms. The number of benzene rings is 2. The highest BCUT2D eigenvalue weighted by molar-refractivity contribution is 8.13. The van der Waals surface area contributed by atoms with Crippen LogP contribution in [0.15, 0.2) is 47.5 Å². The first kappa shape index (κ1) is 20.1. The third-order valence-corrected chi connectivity index (χ3v) is 5.54. The van der Waals surface area contributed by atoms with Gasteiger partial charge in [-0.15, -0.1) is 0 Å². The Kier molecular flexibility index (Phi) is 6.68. The van der Waals surface area contributed by atoms with Crippen molar-refractivity contribution in [3.8, 4) is 5.75 Å². The van der Waals surface area contributed by atoms with Crippen LogP contribution < -0.4 is 4.74 Å². The van der Waals surface area contributed by atoms with Crippen LogP contribution >= 0.6 is 35.0 Å². The minimum Gasteiger partial charge on any atom is -0.491 e.